The molecule has 4 rings (SSSR count). The van der Waals surface area contributed by atoms with Crippen molar-refractivity contribution in [3.8, 4) is 5.88 Å². The monoisotopic (exact) mass is 337 g/mol. The Morgan fingerprint density at radius 3 is 3.04 bits per heavy atom. The van der Waals surface area contributed by atoms with Gasteiger partial charge in [-0.3, -0.25) is 14.7 Å². The Morgan fingerprint density at radius 1 is 1.24 bits per heavy atom. The summed E-state index contributed by atoms with van der Waals surface area (Å²) >= 11 is 0. The zero-order valence-corrected chi connectivity index (χ0v) is 14.2. The van der Waals surface area contributed by atoms with Crippen LogP contribution in [0.1, 0.15) is 11.3 Å². The lowest BCUT2D eigenvalue weighted by Crippen LogP contribution is -2.13. The van der Waals surface area contributed by atoms with Gasteiger partial charge in [-0.2, -0.15) is 0 Å². The first-order valence-corrected chi connectivity index (χ1v) is 8.10. The fraction of sp³-hybridized carbons (Fsp3) is 0.278. The molecule has 0 unspecified atom stereocenters. The molecule has 25 heavy (non-hydrogen) atoms. The van der Waals surface area contributed by atoms with Crippen molar-refractivity contribution in [1.82, 2.24) is 14.8 Å². The van der Waals surface area contributed by atoms with Gasteiger partial charge in [-0.05, 0) is 24.3 Å². The number of hydrogen-bond acceptors (Lipinski definition) is 6. The van der Waals surface area contributed by atoms with Gasteiger partial charge in [0.05, 0.1) is 24.1 Å². The molecule has 3 aromatic rings. The number of aryl methyl sites for hydroxylation is 1. The molecule has 1 aliphatic heterocycles. The van der Waals surface area contributed by atoms with Gasteiger partial charge in [0, 0.05) is 31.6 Å². The fourth-order valence-electron chi connectivity index (χ4n) is 2.88. The van der Waals surface area contributed by atoms with Crippen molar-refractivity contribution in [2.75, 3.05) is 25.6 Å². The highest BCUT2D eigenvalue weighted by molar-refractivity contribution is 6.09. The predicted molar refractivity (Wildman–Crippen MR) is 96.2 cm³/mol. The molecule has 0 spiro atoms. The molecule has 0 amide bonds. The number of rotatable bonds is 5. The van der Waals surface area contributed by atoms with Gasteiger partial charge >= 0.3 is 0 Å². The van der Waals surface area contributed by atoms with E-state index in [0.717, 1.165) is 33.7 Å². The third kappa shape index (κ3) is 2.94. The number of benzene rings is 1. The molecule has 1 aliphatic rings. The third-order valence-corrected chi connectivity index (χ3v) is 4.13. The van der Waals surface area contributed by atoms with Crippen LogP contribution in [-0.2, 0) is 18.3 Å². The first-order chi connectivity index (χ1) is 12.3. The standard InChI is InChI=1S/C18H19N5O2/c1-23-15-10-13(5-6-14(15)18(22-23)25-9-8-24-2)21-17-16-12(11-20-17)4-3-7-19-16/h3-7,10H,8-9,11H2,1-2H3,(H,20,21). The van der Waals surface area contributed by atoms with Crippen LogP contribution in [0, 0.1) is 0 Å². The number of nitrogens with one attached hydrogen (secondary N) is 1. The molecule has 2 aromatic heterocycles. The van der Waals surface area contributed by atoms with Crippen molar-refractivity contribution >= 4 is 22.4 Å². The minimum absolute atomic E-state index is 0.474. The lowest BCUT2D eigenvalue weighted by molar-refractivity contribution is 0.144. The number of methoxy groups -OCH3 is 1. The lowest BCUT2D eigenvalue weighted by Gasteiger charge is -2.07. The average molecular weight is 337 g/mol. The van der Waals surface area contributed by atoms with E-state index in [2.05, 4.69) is 26.5 Å². The zero-order valence-electron chi connectivity index (χ0n) is 14.2. The summed E-state index contributed by atoms with van der Waals surface area (Å²) in [6.45, 7) is 1.67. The summed E-state index contributed by atoms with van der Waals surface area (Å²) in [5, 5.41) is 8.77. The number of pyridine rings is 1. The van der Waals surface area contributed by atoms with Crippen LogP contribution in [0.2, 0.25) is 0 Å². The molecule has 0 saturated heterocycles. The van der Waals surface area contributed by atoms with E-state index in [9.17, 15) is 0 Å². The molecule has 1 N–H and O–H groups in total. The molecule has 0 atom stereocenters. The van der Waals surface area contributed by atoms with Crippen LogP contribution < -0.4 is 10.1 Å². The van der Waals surface area contributed by atoms with Crippen LogP contribution in [0.4, 0.5) is 5.69 Å². The number of aromatic nitrogens is 3. The number of amidine groups is 1. The number of nitrogens with zero attached hydrogens (tertiary/aromatic N) is 4. The quantitative estimate of drug-likeness (QED) is 0.724. The van der Waals surface area contributed by atoms with Gasteiger partial charge in [0.2, 0.25) is 5.88 Å². The highest BCUT2D eigenvalue weighted by Gasteiger charge is 2.17. The Morgan fingerprint density at radius 2 is 2.16 bits per heavy atom. The van der Waals surface area contributed by atoms with E-state index in [-0.39, 0.29) is 0 Å². The van der Waals surface area contributed by atoms with Crippen molar-refractivity contribution in [2.45, 2.75) is 6.54 Å². The number of anilines is 1. The minimum atomic E-state index is 0.474. The van der Waals surface area contributed by atoms with Crippen LogP contribution in [0.15, 0.2) is 41.5 Å². The Bertz CT molecular complexity index is 948. The molecule has 0 fully saturated rings. The predicted octanol–water partition coefficient (Wildman–Crippen LogP) is 2.37. The van der Waals surface area contributed by atoms with E-state index in [4.69, 9.17) is 9.47 Å². The lowest BCUT2D eigenvalue weighted by atomic mass is 10.2. The smallest absolute Gasteiger partial charge is 0.240 e. The van der Waals surface area contributed by atoms with Crippen molar-refractivity contribution in [1.29, 1.82) is 0 Å². The second-order valence-electron chi connectivity index (χ2n) is 5.80. The highest BCUT2D eigenvalue weighted by Crippen LogP contribution is 2.28. The van der Waals surface area contributed by atoms with Crippen LogP contribution >= 0.6 is 0 Å². The fourth-order valence-corrected chi connectivity index (χ4v) is 2.88. The van der Waals surface area contributed by atoms with E-state index in [1.807, 2.05) is 36.0 Å². The van der Waals surface area contributed by atoms with Crippen LogP contribution in [0.3, 0.4) is 0 Å². The van der Waals surface area contributed by atoms with E-state index in [1.165, 1.54) is 0 Å². The number of ether oxygens (including phenoxy) is 2. The topological polar surface area (TPSA) is 73.6 Å². The maximum atomic E-state index is 5.69. The summed E-state index contributed by atoms with van der Waals surface area (Å²) < 4.78 is 12.5. The summed E-state index contributed by atoms with van der Waals surface area (Å²) in [6, 6.07) is 10.0. The summed E-state index contributed by atoms with van der Waals surface area (Å²) in [7, 11) is 3.55. The molecule has 7 nitrogen and oxygen atoms in total. The van der Waals surface area contributed by atoms with Gasteiger partial charge in [0.15, 0.2) is 5.84 Å². The van der Waals surface area contributed by atoms with Crippen molar-refractivity contribution in [3.63, 3.8) is 0 Å². The van der Waals surface area contributed by atoms with Gasteiger partial charge in [0.25, 0.3) is 0 Å². The SMILES string of the molecule is COCCOc1nn(C)c2cc(NC3=NCc4cccnc43)ccc12. The van der Waals surface area contributed by atoms with Gasteiger partial charge < -0.3 is 14.8 Å². The molecule has 0 bridgehead atoms. The Balaban J connectivity index is 1.59. The Kier molecular flexibility index (Phi) is 4.07. The van der Waals surface area contributed by atoms with Gasteiger partial charge in [-0.1, -0.05) is 6.07 Å². The summed E-state index contributed by atoms with van der Waals surface area (Å²) in [4.78, 5) is 8.96. The summed E-state index contributed by atoms with van der Waals surface area (Å²) in [5.74, 6) is 1.42. The summed E-state index contributed by atoms with van der Waals surface area (Å²) in [6.07, 6.45) is 1.79. The largest absolute Gasteiger partial charge is 0.474 e. The molecule has 0 saturated carbocycles. The van der Waals surface area contributed by atoms with E-state index in [1.54, 1.807) is 13.3 Å². The van der Waals surface area contributed by atoms with Crippen LogP contribution in [0.5, 0.6) is 5.88 Å². The molecule has 128 valence electrons. The van der Waals surface area contributed by atoms with E-state index in [0.29, 0.717) is 25.6 Å². The van der Waals surface area contributed by atoms with Crippen molar-refractivity contribution in [3.05, 3.63) is 47.8 Å². The molecule has 0 radical (unpaired) electrons. The minimum Gasteiger partial charge on any atom is -0.474 e. The second kappa shape index (κ2) is 6.52. The Hall–Kier alpha value is -2.93. The average Bonchev–Trinajstić information content (AvgIpc) is 3.17. The number of aliphatic imine (C=N–C) groups is 1. The number of fused-ring (bicyclic) bond motifs is 2. The second-order valence-corrected chi connectivity index (χ2v) is 5.80. The molecule has 1 aromatic carbocycles. The molecule has 7 heteroatoms. The summed E-state index contributed by atoms with van der Waals surface area (Å²) in [5.41, 5.74) is 3.98. The van der Waals surface area contributed by atoms with Gasteiger partial charge in [-0.15, -0.1) is 5.10 Å². The maximum Gasteiger partial charge on any atom is 0.240 e. The van der Waals surface area contributed by atoms with Crippen LogP contribution in [0.25, 0.3) is 10.9 Å². The van der Waals surface area contributed by atoms with E-state index >= 15 is 0 Å². The van der Waals surface area contributed by atoms with E-state index < -0.39 is 0 Å². The maximum absolute atomic E-state index is 5.69. The zero-order chi connectivity index (χ0) is 17.2. The number of hydrogen-bond donors (Lipinski definition) is 1. The van der Waals surface area contributed by atoms with Crippen LogP contribution in [-0.4, -0.2) is 40.9 Å². The Labute approximate surface area is 145 Å². The molecule has 0 aliphatic carbocycles. The normalized spacial score (nSPS) is 13.0. The first-order valence-electron chi connectivity index (χ1n) is 8.10. The first kappa shape index (κ1) is 15.6. The van der Waals surface area contributed by atoms with Gasteiger partial charge in [0.1, 0.15) is 12.3 Å². The molecular weight excluding hydrogens is 318 g/mol. The highest BCUT2D eigenvalue weighted by atomic mass is 16.5. The molecular formula is C18H19N5O2. The van der Waals surface area contributed by atoms with Gasteiger partial charge in [-0.25, -0.2) is 0 Å². The molecule has 3 heterocycles. The van der Waals surface area contributed by atoms with Crippen molar-refractivity contribution < 1.29 is 9.47 Å². The van der Waals surface area contributed by atoms with Crippen molar-refractivity contribution in [2.24, 2.45) is 12.0 Å². The third-order valence-electron chi connectivity index (χ3n) is 4.13.